The van der Waals surface area contributed by atoms with E-state index >= 15 is 0 Å². The normalized spacial score (nSPS) is 10.0. The summed E-state index contributed by atoms with van der Waals surface area (Å²) < 4.78 is 0. The van der Waals surface area contributed by atoms with Gasteiger partial charge in [0.25, 0.3) is 0 Å². The molecule has 0 saturated heterocycles. The van der Waals surface area contributed by atoms with Gasteiger partial charge in [-0.2, -0.15) is 0 Å². The average Bonchev–Trinajstić information content (AvgIpc) is 2.39. The molecule has 2 rings (SSSR count). The fourth-order valence-corrected chi connectivity index (χ4v) is 1.72. The summed E-state index contributed by atoms with van der Waals surface area (Å²) in [6.45, 7) is 0. The van der Waals surface area contributed by atoms with Crippen LogP contribution in [-0.4, -0.2) is 11.0 Å². The van der Waals surface area contributed by atoms with Crippen LogP contribution in [0.4, 0.5) is 5.69 Å². The number of anilines is 1. The van der Waals surface area contributed by atoms with Crippen molar-refractivity contribution in [2.45, 2.75) is 0 Å². The number of carbonyl (C=O) groups is 1. The van der Waals surface area contributed by atoms with Crippen molar-refractivity contribution in [1.82, 2.24) is 0 Å². The number of carbonyl (C=O) groups excluding carboxylic acids is 1. The Morgan fingerprint density at radius 2 is 1.82 bits per heavy atom. The highest BCUT2D eigenvalue weighted by Crippen LogP contribution is 2.23. The molecule has 2 aromatic rings. The second-order valence-corrected chi connectivity index (χ2v) is 3.93. The Morgan fingerprint density at radius 3 is 2.47 bits per heavy atom. The Bertz CT molecular complexity index is 540. The van der Waals surface area contributed by atoms with E-state index in [4.69, 9.17) is 16.8 Å². The maximum atomic E-state index is 12.2. The molecular weight excluding hydrogens is 238 g/mol. The van der Waals surface area contributed by atoms with Crippen molar-refractivity contribution in [2.75, 3.05) is 5.48 Å². The van der Waals surface area contributed by atoms with Crippen LogP contribution >= 0.6 is 11.6 Å². The fourth-order valence-electron chi connectivity index (χ4n) is 1.55. The molecule has 4 heteroatoms. The van der Waals surface area contributed by atoms with E-state index in [1.165, 1.54) is 6.07 Å². The van der Waals surface area contributed by atoms with Crippen molar-refractivity contribution in [3.05, 3.63) is 64.7 Å². The van der Waals surface area contributed by atoms with Crippen LogP contribution in [0.1, 0.15) is 15.9 Å². The molecule has 0 aliphatic carbocycles. The quantitative estimate of drug-likeness (QED) is 0.646. The maximum absolute atomic E-state index is 12.2. The Morgan fingerprint density at radius 1 is 1.12 bits per heavy atom. The molecule has 0 spiro atoms. The van der Waals surface area contributed by atoms with Gasteiger partial charge in [0.1, 0.15) is 0 Å². The lowest BCUT2D eigenvalue weighted by Crippen LogP contribution is -2.05. The van der Waals surface area contributed by atoms with Gasteiger partial charge in [0, 0.05) is 16.1 Å². The third-order valence-electron chi connectivity index (χ3n) is 2.38. The molecule has 0 bridgehead atoms. The number of hydrogen-bond donors (Lipinski definition) is 2. The fraction of sp³-hybridized carbons (Fsp3) is 0. The van der Waals surface area contributed by atoms with E-state index in [1.54, 1.807) is 36.4 Å². The van der Waals surface area contributed by atoms with Crippen LogP contribution in [0.15, 0.2) is 48.5 Å². The first-order valence-corrected chi connectivity index (χ1v) is 5.39. The summed E-state index contributed by atoms with van der Waals surface area (Å²) in [6.07, 6.45) is 0. The van der Waals surface area contributed by atoms with E-state index in [2.05, 4.69) is 0 Å². The molecule has 0 aliphatic heterocycles. The average molecular weight is 248 g/mol. The monoisotopic (exact) mass is 247 g/mol. The van der Waals surface area contributed by atoms with Crippen LogP contribution < -0.4 is 5.48 Å². The first-order chi connectivity index (χ1) is 8.22. The SMILES string of the molecule is O=C(c1ccccc1)c1cc(Cl)ccc1NO. The predicted octanol–water partition coefficient (Wildman–Crippen LogP) is 3.37. The Hall–Kier alpha value is -1.84. The topological polar surface area (TPSA) is 49.3 Å². The van der Waals surface area contributed by atoms with Crippen LogP contribution in [-0.2, 0) is 0 Å². The predicted molar refractivity (Wildman–Crippen MR) is 66.7 cm³/mol. The van der Waals surface area contributed by atoms with Gasteiger partial charge in [-0.15, -0.1) is 0 Å². The summed E-state index contributed by atoms with van der Waals surface area (Å²) in [4.78, 5) is 12.2. The maximum Gasteiger partial charge on any atom is 0.195 e. The molecule has 0 aliphatic rings. The molecule has 17 heavy (non-hydrogen) atoms. The number of nitrogens with one attached hydrogen (secondary N) is 1. The van der Waals surface area contributed by atoms with Crippen molar-refractivity contribution in [3.63, 3.8) is 0 Å². The summed E-state index contributed by atoms with van der Waals surface area (Å²) in [5, 5.41) is 9.41. The number of benzene rings is 2. The number of ketones is 1. The number of hydrogen-bond acceptors (Lipinski definition) is 3. The van der Waals surface area contributed by atoms with E-state index in [0.29, 0.717) is 21.8 Å². The highest BCUT2D eigenvalue weighted by Gasteiger charge is 2.13. The van der Waals surface area contributed by atoms with Gasteiger partial charge in [-0.3, -0.25) is 15.5 Å². The van der Waals surface area contributed by atoms with Crippen LogP contribution in [0.25, 0.3) is 0 Å². The standard InChI is InChI=1S/C13H10ClNO2/c14-10-6-7-12(15-17)11(8-10)13(16)9-4-2-1-3-5-9/h1-8,15,17H. The molecular formula is C13H10ClNO2. The van der Waals surface area contributed by atoms with Gasteiger partial charge in [-0.1, -0.05) is 41.9 Å². The molecule has 0 heterocycles. The molecule has 0 unspecified atom stereocenters. The highest BCUT2D eigenvalue weighted by atomic mass is 35.5. The van der Waals surface area contributed by atoms with Crippen molar-refractivity contribution in [2.24, 2.45) is 0 Å². The summed E-state index contributed by atoms with van der Waals surface area (Å²) in [6, 6.07) is 13.5. The Labute approximate surface area is 104 Å². The molecule has 2 N–H and O–H groups in total. The Balaban J connectivity index is 2.47. The second-order valence-electron chi connectivity index (χ2n) is 3.50. The first kappa shape index (κ1) is 11.6. The van der Waals surface area contributed by atoms with Gasteiger partial charge in [0.2, 0.25) is 0 Å². The first-order valence-electron chi connectivity index (χ1n) is 5.02. The molecule has 0 radical (unpaired) electrons. The largest absolute Gasteiger partial charge is 0.291 e. The number of rotatable bonds is 3. The summed E-state index contributed by atoms with van der Waals surface area (Å²) in [5.74, 6) is -0.190. The van der Waals surface area contributed by atoms with Gasteiger partial charge in [0.05, 0.1) is 5.69 Å². The molecule has 0 aromatic heterocycles. The minimum absolute atomic E-state index is 0.190. The van der Waals surface area contributed by atoms with Crippen LogP contribution in [0.5, 0.6) is 0 Å². The van der Waals surface area contributed by atoms with Crippen molar-refractivity contribution < 1.29 is 10.0 Å². The van der Waals surface area contributed by atoms with Gasteiger partial charge in [0.15, 0.2) is 5.78 Å². The smallest absolute Gasteiger partial charge is 0.195 e. The zero-order chi connectivity index (χ0) is 12.3. The van der Waals surface area contributed by atoms with E-state index < -0.39 is 0 Å². The molecule has 3 nitrogen and oxygen atoms in total. The van der Waals surface area contributed by atoms with Gasteiger partial charge >= 0.3 is 0 Å². The molecule has 0 amide bonds. The summed E-state index contributed by atoms with van der Waals surface area (Å²) >= 11 is 5.84. The van der Waals surface area contributed by atoms with Gasteiger partial charge in [-0.05, 0) is 18.2 Å². The lowest BCUT2D eigenvalue weighted by Gasteiger charge is -2.07. The third-order valence-corrected chi connectivity index (χ3v) is 2.62. The zero-order valence-electron chi connectivity index (χ0n) is 8.85. The summed E-state index contributed by atoms with van der Waals surface area (Å²) in [5.41, 5.74) is 3.22. The van der Waals surface area contributed by atoms with Crippen molar-refractivity contribution >= 4 is 23.1 Å². The second kappa shape index (κ2) is 4.99. The van der Waals surface area contributed by atoms with Crippen molar-refractivity contribution in [1.29, 1.82) is 0 Å². The summed E-state index contributed by atoms with van der Waals surface area (Å²) in [7, 11) is 0. The number of halogens is 1. The molecule has 0 atom stereocenters. The Kier molecular flexibility index (Phi) is 3.42. The highest BCUT2D eigenvalue weighted by molar-refractivity contribution is 6.31. The lowest BCUT2D eigenvalue weighted by atomic mass is 10.0. The van der Waals surface area contributed by atoms with Gasteiger partial charge < -0.3 is 0 Å². The molecule has 86 valence electrons. The van der Waals surface area contributed by atoms with Crippen LogP contribution in [0.3, 0.4) is 0 Å². The van der Waals surface area contributed by atoms with E-state index in [0.717, 1.165) is 0 Å². The molecule has 2 aromatic carbocycles. The minimum atomic E-state index is -0.190. The van der Waals surface area contributed by atoms with E-state index in [1.807, 2.05) is 11.5 Å². The molecule has 0 fully saturated rings. The minimum Gasteiger partial charge on any atom is -0.291 e. The third kappa shape index (κ3) is 2.46. The van der Waals surface area contributed by atoms with E-state index in [-0.39, 0.29) is 5.78 Å². The van der Waals surface area contributed by atoms with Gasteiger partial charge in [-0.25, -0.2) is 0 Å². The van der Waals surface area contributed by atoms with Crippen LogP contribution in [0.2, 0.25) is 5.02 Å². The van der Waals surface area contributed by atoms with Crippen molar-refractivity contribution in [3.8, 4) is 0 Å². The lowest BCUT2D eigenvalue weighted by molar-refractivity contribution is 0.103. The van der Waals surface area contributed by atoms with E-state index in [9.17, 15) is 4.79 Å². The zero-order valence-corrected chi connectivity index (χ0v) is 9.61. The van der Waals surface area contributed by atoms with Crippen LogP contribution in [0, 0.1) is 0 Å². The molecule has 0 saturated carbocycles.